The van der Waals surface area contributed by atoms with E-state index in [0.717, 1.165) is 52.1 Å². The van der Waals surface area contributed by atoms with Crippen LogP contribution in [0.5, 0.6) is 0 Å². The van der Waals surface area contributed by atoms with Gasteiger partial charge in [-0.05, 0) is 72.4 Å². The average Bonchev–Trinajstić information content (AvgIpc) is 2.42. The van der Waals surface area contributed by atoms with Gasteiger partial charge in [0.15, 0.2) is 0 Å². The summed E-state index contributed by atoms with van der Waals surface area (Å²) in [4.78, 5) is 2.22. The first-order valence-corrected chi connectivity index (χ1v) is 9.95. The number of nitrogens with zero attached hydrogens (tertiary/aromatic N) is 1. The molecule has 0 radical (unpaired) electrons. The molecule has 0 unspecified atom stereocenters. The van der Waals surface area contributed by atoms with Gasteiger partial charge in [0.05, 0.1) is 13.2 Å². The molecule has 7 heteroatoms. The first kappa shape index (κ1) is 19.1. The molecule has 0 spiro atoms. The van der Waals surface area contributed by atoms with Crippen molar-refractivity contribution in [3.05, 3.63) is 0 Å². The van der Waals surface area contributed by atoms with Crippen LogP contribution in [0.1, 0.15) is 33.1 Å². The zero-order valence-electron chi connectivity index (χ0n) is 13.6. The Morgan fingerprint density at radius 1 is 0.905 bits per heavy atom. The fourth-order valence-corrected chi connectivity index (χ4v) is 4.25. The SMILES string of the molecule is CCOP(=O)(CN1CCCNCCCNCCC1)OCC. The minimum absolute atomic E-state index is 0.397. The van der Waals surface area contributed by atoms with E-state index in [1.165, 1.54) is 6.42 Å². The van der Waals surface area contributed by atoms with Crippen LogP contribution in [0, 0.1) is 0 Å². The molecular formula is C14H32N3O3P. The van der Waals surface area contributed by atoms with Crippen molar-refractivity contribution in [3.63, 3.8) is 0 Å². The van der Waals surface area contributed by atoms with Crippen molar-refractivity contribution in [3.8, 4) is 0 Å². The Bertz CT molecular complexity index is 283. The molecule has 0 amide bonds. The zero-order chi connectivity index (χ0) is 15.4. The second kappa shape index (κ2) is 11.6. The van der Waals surface area contributed by atoms with E-state index in [0.29, 0.717) is 19.5 Å². The first-order valence-electron chi connectivity index (χ1n) is 8.22. The Labute approximate surface area is 129 Å². The molecular weight excluding hydrogens is 289 g/mol. The van der Waals surface area contributed by atoms with Crippen LogP contribution < -0.4 is 10.6 Å². The van der Waals surface area contributed by atoms with Gasteiger partial charge >= 0.3 is 7.60 Å². The van der Waals surface area contributed by atoms with Crippen molar-refractivity contribution in [1.29, 1.82) is 0 Å². The summed E-state index contributed by atoms with van der Waals surface area (Å²) in [6, 6.07) is 0. The van der Waals surface area contributed by atoms with E-state index in [4.69, 9.17) is 9.05 Å². The van der Waals surface area contributed by atoms with Gasteiger partial charge in [0.2, 0.25) is 0 Å². The van der Waals surface area contributed by atoms with Crippen molar-refractivity contribution in [2.45, 2.75) is 33.1 Å². The summed E-state index contributed by atoms with van der Waals surface area (Å²) >= 11 is 0. The molecule has 1 fully saturated rings. The van der Waals surface area contributed by atoms with E-state index < -0.39 is 7.60 Å². The highest BCUT2D eigenvalue weighted by molar-refractivity contribution is 7.53. The summed E-state index contributed by atoms with van der Waals surface area (Å²) in [5.41, 5.74) is 0. The highest BCUT2D eigenvalue weighted by atomic mass is 31.2. The predicted octanol–water partition coefficient (Wildman–Crippen LogP) is 1.88. The maximum absolute atomic E-state index is 12.6. The van der Waals surface area contributed by atoms with Crippen molar-refractivity contribution >= 4 is 7.60 Å². The van der Waals surface area contributed by atoms with Crippen LogP contribution in [-0.2, 0) is 13.6 Å². The van der Waals surface area contributed by atoms with Crippen LogP contribution in [0.15, 0.2) is 0 Å². The lowest BCUT2D eigenvalue weighted by molar-refractivity contribution is 0.193. The average molecular weight is 321 g/mol. The van der Waals surface area contributed by atoms with Crippen molar-refractivity contribution < 1.29 is 13.6 Å². The third-order valence-corrected chi connectivity index (χ3v) is 5.44. The summed E-state index contributed by atoms with van der Waals surface area (Å²) in [7, 11) is -2.98. The molecule has 1 heterocycles. The monoisotopic (exact) mass is 321 g/mol. The van der Waals surface area contributed by atoms with Gasteiger partial charge in [0, 0.05) is 0 Å². The van der Waals surface area contributed by atoms with Crippen LogP contribution in [-0.4, -0.2) is 63.7 Å². The van der Waals surface area contributed by atoms with Gasteiger partial charge in [-0.2, -0.15) is 0 Å². The molecule has 21 heavy (non-hydrogen) atoms. The van der Waals surface area contributed by atoms with Crippen LogP contribution in [0.25, 0.3) is 0 Å². The van der Waals surface area contributed by atoms with Crippen LogP contribution in [0.3, 0.4) is 0 Å². The van der Waals surface area contributed by atoms with Crippen LogP contribution in [0.4, 0.5) is 0 Å². The quantitative estimate of drug-likeness (QED) is 0.728. The van der Waals surface area contributed by atoms with Crippen LogP contribution >= 0.6 is 7.60 Å². The highest BCUT2D eigenvalue weighted by Crippen LogP contribution is 2.48. The van der Waals surface area contributed by atoms with Gasteiger partial charge in [-0.3, -0.25) is 9.46 Å². The summed E-state index contributed by atoms with van der Waals surface area (Å²) in [5, 5.41) is 6.88. The maximum atomic E-state index is 12.6. The molecule has 1 saturated heterocycles. The third-order valence-electron chi connectivity index (χ3n) is 3.39. The Kier molecular flexibility index (Phi) is 10.5. The van der Waals surface area contributed by atoms with Gasteiger partial charge < -0.3 is 19.7 Å². The third kappa shape index (κ3) is 8.91. The lowest BCUT2D eigenvalue weighted by Crippen LogP contribution is -2.33. The Morgan fingerprint density at radius 2 is 1.38 bits per heavy atom. The minimum Gasteiger partial charge on any atom is -0.317 e. The number of hydrogen-bond acceptors (Lipinski definition) is 6. The van der Waals surface area contributed by atoms with Crippen molar-refractivity contribution in [2.24, 2.45) is 0 Å². The fraction of sp³-hybridized carbons (Fsp3) is 1.00. The highest BCUT2D eigenvalue weighted by Gasteiger charge is 2.26. The lowest BCUT2D eigenvalue weighted by atomic mass is 10.3. The number of nitrogens with one attached hydrogen (secondary N) is 2. The molecule has 0 aromatic rings. The topological polar surface area (TPSA) is 62.8 Å². The lowest BCUT2D eigenvalue weighted by Gasteiger charge is -2.27. The molecule has 2 N–H and O–H groups in total. The minimum atomic E-state index is -2.98. The molecule has 0 bridgehead atoms. The van der Waals surface area contributed by atoms with Gasteiger partial charge in [0.1, 0.15) is 6.29 Å². The van der Waals surface area contributed by atoms with Gasteiger partial charge in [-0.15, -0.1) is 0 Å². The molecule has 0 saturated carbocycles. The molecule has 0 aromatic carbocycles. The van der Waals surface area contributed by atoms with Crippen molar-refractivity contribution in [2.75, 3.05) is 58.8 Å². The normalized spacial score (nSPS) is 20.7. The molecule has 0 aromatic heterocycles. The smallest absolute Gasteiger partial charge is 0.317 e. The second-order valence-electron chi connectivity index (χ2n) is 5.27. The first-order chi connectivity index (χ1) is 10.2. The Balaban J connectivity index is 2.50. The van der Waals surface area contributed by atoms with Crippen LogP contribution in [0.2, 0.25) is 0 Å². The molecule has 6 nitrogen and oxygen atoms in total. The van der Waals surface area contributed by atoms with E-state index >= 15 is 0 Å². The van der Waals surface area contributed by atoms with E-state index in [1.807, 2.05) is 13.8 Å². The molecule has 126 valence electrons. The van der Waals surface area contributed by atoms with Gasteiger partial charge in [-0.25, -0.2) is 0 Å². The standard InChI is InChI=1S/C14H32N3O3P/c1-3-19-21(18,20-4-2)14-17-12-6-10-15-8-5-9-16-11-7-13-17/h15-16H,3-14H2,1-2H3. The zero-order valence-corrected chi connectivity index (χ0v) is 14.5. The second-order valence-corrected chi connectivity index (χ2v) is 7.29. The molecule has 1 aliphatic heterocycles. The molecule has 1 aliphatic rings. The van der Waals surface area contributed by atoms with E-state index in [9.17, 15) is 4.57 Å². The predicted molar refractivity (Wildman–Crippen MR) is 86.9 cm³/mol. The Hall–Kier alpha value is 0.0300. The maximum Gasteiger partial charge on any atom is 0.344 e. The summed E-state index contributed by atoms with van der Waals surface area (Å²) in [6.07, 6.45) is 3.69. The number of rotatable bonds is 6. The van der Waals surface area contributed by atoms with E-state index in [1.54, 1.807) is 0 Å². The van der Waals surface area contributed by atoms with E-state index in [-0.39, 0.29) is 0 Å². The summed E-state index contributed by atoms with van der Waals surface area (Å²) in [5.74, 6) is 0. The largest absolute Gasteiger partial charge is 0.344 e. The Morgan fingerprint density at radius 3 is 1.86 bits per heavy atom. The molecule has 0 aliphatic carbocycles. The summed E-state index contributed by atoms with van der Waals surface area (Å²) in [6.45, 7) is 10.5. The number of hydrogen-bond donors (Lipinski definition) is 2. The van der Waals surface area contributed by atoms with E-state index in [2.05, 4.69) is 15.5 Å². The summed E-state index contributed by atoms with van der Waals surface area (Å²) < 4.78 is 23.5. The molecule has 1 rings (SSSR count). The van der Waals surface area contributed by atoms with Gasteiger partial charge in [0.25, 0.3) is 0 Å². The van der Waals surface area contributed by atoms with Gasteiger partial charge in [-0.1, -0.05) is 0 Å². The molecule has 0 atom stereocenters. The fourth-order valence-electron chi connectivity index (χ4n) is 2.45. The van der Waals surface area contributed by atoms with Crippen molar-refractivity contribution in [1.82, 2.24) is 15.5 Å².